The van der Waals surface area contributed by atoms with E-state index in [2.05, 4.69) is 33.4 Å². The van der Waals surface area contributed by atoms with Gasteiger partial charge < -0.3 is 10.2 Å². The lowest BCUT2D eigenvalue weighted by Crippen LogP contribution is -2.47. The minimum absolute atomic E-state index is 0.00569. The number of nitrogens with zero attached hydrogens (tertiary/aromatic N) is 1. The fourth-order valence-corrected chi connectivity index (χ4v) is 4.73. The largest absolute Gasteiger partial charge is 0.353 e. The fourth-order valence-electron chi connectivity index (χ4n) is 3.35. The summed E-state index contributed by atoms with van der Waals surface area (Å²) in [5.74, 6) is -0.433. The molecular formula is C22H24BrFN2O2S. The van der Waals surface area contributed by atoms with Crippen molar-refractivity contribution in [2.24, 2.45) is 0 Å². The second kappa shape index (κ2) is 9.76. The first kappa shape index (κ1) is 21.8. The predicted molar refractivity (Wildman–Crippen MR) is 118 cm³/mol. The van der Waals surface area contributed by atoms with Gasteiger partial charge >= 0.3 is 0 Å². The summed E-state index contributed by atoms with van der Waals surface area (Å²) in [5.41, 5.74) is 2.39. The van der Waals surface area contributed by atoms with Crippen LogP contribution in [0.1, 0.15) is 34.3 Å². The molecule has 0 radical (unpaired) electrons. The highest BCUT2D eigenvalue weighted by molar-refractivity contribution is 9.10. The number of likely N-dealkylation sites (tertiary alicyclic amines) is 1. The van der Waals surface area contributed by atoms with Crippen LogP contribution in [0.5, 0.6) is 0 Å². The second-order valence-corrected chi connectivity index (χ2v) is 9.14. The number of hydrogen-bond acceptors (Lipinski definition) is 3. The van der Waals surface area contributed by atoms with Crippen LogP contribution in [0, 0.1) is 19.7 Å². The Morgan fingerprint density at radius 1 is 1.17 bits per heavy atom. The van der Waals surface area contributed by atoms with Gasteiger partial charge in [0.1, 0.15) is 5.82 Å². The van der Waals surface area contributed by atoms with Crippen molar-refractivity contribution in [2.45, 2.75) is 37.6 Å². The number of halogens is 2. The Labute approximate surface area is 183 Å². The van der Waals surface area contributed by atoms with Crippen LogP contribution in [-0.4, -0.2) is 41.6 Å². The van der Waals surface area contributed by atoms with Crippen molar-refractivity contribution in [1.29, 1.82) is 0 Å². The third kappa shape index (κ3) is 5.60. The smallest absolute Gasteiger partial charge is 0.256 e. The van der Waals surface area contributed by atoms with Gasteiger partial charge in [-0.25, -0.2) is 4.39 Å². The molecule has 4 nitrogen and oxygen atoms in total. The number of carbonyl (C=O) groups is 2. The Morgan fingerprint density at radius 3 is 2.55 bits per heavy atom. The van der Waals surface area contributed by atoms with Crippen LogP contribution in [0.3, 0.4) is 0 Å². The summed E-state index contributed by atoms with van der Waals surface area (Å²) in [7, 11) is 0. The molecule has 154 valence electrons. The molecule has 1 fully saturated rings. The van der Waals surface area contributed by atoms with Crippen molar-refractivity contribution in [3.05, 3.63) is 63.4 Å². The Kier molecular flexibility index (Phi) is 7.35. The Morgan fingerprint density at radius 2 is 1.86 bits per heavy atom. The monoisotopic (exact) mass is 478 g/mol. The lowest BCUT2D eigenvalue weighted by molar-refractivity contribution is -0.119. The quantitative estimate of drug-likeness (QED) is 0.632. The van der Waals surface area contributed by atoms with Crippen LogP contribution in [0.4, 0.5) is 4.39 Å². The van der Waals surface area contributed by atoms with E-state index in [-0.39, 0.29) is 23.4 Å². The number of hydrogen-bond donors (Lipinski definition) is 1. The third-order valence-corrected chi connectivity index (χ3v) is 7.08. The average Bonchev–Trinajstić information content (AvgIpc) is 2.70. The summed E-state index contributed by atoms with van der Waals surface area (Å²) in [5, 5.41) is 3.06. The van der Waals surface area contributed by atoms with Gasteiger partial charge in [-0.1, -0.05) is 28.1 Å². The van der Waals surface area contributed by atoms with E-state index >= 15 is 0 Å². The number of rotatable bonds is 5. The van der Waals surface area contributed by atoms with Gasteiger partial charge in [0.05, 0.1) is 11.3 Å². The Hall–Kier alpha value is -1.86. The van der Waals surface area contributed by atoms with Crippen LogP contribution in [0.15, 0.2) is 45.8 Å². The molecule has 0 aromatic heterocycles. The van der Waals surface area contributed by atoms with Gasteiger partial charge in [0.15, 0.2) is 0 Å². The normalized spacial score (nSPS) is 14.7. The molecule has 1 aliphatic heterocycles. The second-order valence-electron chi connectivity index (χ2n) is 7.27. The van der Waals surface area contributed by atoms with Crippen molar-refractivity contribution in [2.75, 3.05) is 18.8 Å². The first-order valence-electron chi connectivity index (χ1n) is 9.58. The van der Waals surface area contributed by atoms with Crippen LogP contribution in [0.2, 0.25) is 0 Å². The van der Waals surface area contributed by atoms with Gasteiger partial charge in [-0.2, -0.15) is 0 Å². The molecule has 29 heavy (non-hydrogen) atoms. The number of piperidine rings is 1. The van der Waals surface area contributed by atoms with Gasteiger partial charge in [-0.15, -0.1) is 11.8 Å². The van der Waals surface area contributed by atoms with Crippen LogP contribution < -0.4 is 5.32 Å². The number of thioether (sulfide) groups is 1. The van der Waals surface area contributed by atoms with Gasteiger partial charge in [-0.05, 0) is 62.1 Å². The Bertz CT molecular complexity index is 914. The predicted octanol–water partition coefficient (Wildman–Crippen LogP) is 4.72. The summed E-state index contributed by atoms with van der Waals surface area (Å²) in [6.45, 7) is 5.09. The van der Waals surface area contributed by atoms with E-state index in [1.807, 2.05) is 13.8 Å². The number of nitrogens with one attached hydrogen (secondary N) is 1. The van der Waals surface area contributed by atoms with E-state index in [4.69, 9.17) is 0 Å². The molecule has 0 bridgehead atoms. The first-order valence-corrected chi connectivity index (χ1v) is 11.4. The van der Waals surface area contributed by atoms with E-state index < -0.39 is 5.82 Å². The van der Waals surface area contributed by atoms with Crippen molar-refractivity contribution in [3.63, 3.8) is 0 Å². The van der Waals surface area contributed by atoms with E-state index in [1.165, 1.54) is 23.9 Å². The number of aryl methyl sites for hydroxylation is 2. The van der Waals surface area contributed by atoms with Gasteiger partial charge in [0.25, 0.3) is 5.91 Å². The third-order valence-electron chi connectivity index (χ3n) is 5.07. The van der Waals surface area contributed by atoms with Crippen LogP contribution >= 0.6 is 27.7 Å². The van der Waals surface area contributed by atoms with Crippen LogP contribution in [0.25, 0.3) is 0 Å². The van der Waals surface area contributed by atoms with E-state index in [0.717, 1.165) is 20.5 Å². The lowest BCUT2D eigenvalue weighted by atomic mass is 10.0. The molecule has 1 N–H and O–H groups in total. The van der Waals surface area contributed by atoms with Crippen molar-refractivity contribution >= 4 is 39.5 Å². The van der Waals surface area contributed by atoms with E-state index in [0.29, 0.717) is 31.7 Å². The minimum atomic E-state index is -0.497. The van der Waals surface area contributed by atoms with Crippen molar-refractivity contribution < 1.29 is 14.0 Å². The summed E-state index contributed by atoms with van der Waals surface area (Å²) < 4.78 is 14.9. The molecular weight excluding hydrogens is 455 g/mol. The summed E-state index contributed by atoms with van der Waals surface area (Å²) in [4.78, 5) is 27.6. The molecule has 2 aromatic rings. The molecule has 2 amide bonds. The molecule has 0 unspecified atom stereocenters. The zero-order chi connectivity index (χ0) is 21.0. The number of benzene rings is 2. The van der Waals surface area contributed by atoms with E-state index in [1.54, 1.807) is 17.0 Å². The zero-order valence-electron chi connectivity index (χ0n) is 16.5. The molecule has 1 heterocycles. The molecule has 2 aromatic carbocycles. The van der Waals surface area contributed by atoms with Crippen molar-refractivity contribution in [1.82, 2.24) is 10.2 Å². The summed E-state index contributed by atoms with van der Waals surface area (Å²) in [6, 6.07) is 10.2. The van der Waals surface area contributed by atoms with Crippen LogP contribution in [-0.2, 0) is 4.79 Å². The van der Waals surface area contributed by atoms with Gasteiger partial charge in [0, 0.05) is 28.5 Å². The highest BCUT2D eigenvalue weighted by Crippen LogP contribution is 2.28. The Balaban J connectivity index is 1.47. The standard InChI is InChI=1S/C22H24BrFN2O2S/c1-14-12-20(15(2)11-18(14)23)29-13-21(27)25-16-7-9-26(10-8-16)22(28)17-5-3-4-6-19(17)24/h3-6,11-12,16H,7-10,13H2,1-2H3,(H,25,27). The number of amides is 2. The molecule has 7 heteroatoms. The highest BCUT2D eigenvalue weighted by atomic mass is 79.9. The zero-order valence-corrected chi connectivity index (χ0v) is 18.9. The molecule has 0 saturated carbocycles. The molecule has 3 rings (SSSR count). The lowest BCUT2D eigenvalue weighted by Gasteiger charge is -2.32. The van der Waals surface area contributed by atoms with Gasteiger partial charge in [-0.3, -0.25) is 9.59 Å². The average molecular weight is 479 g/mol. The maximum atomic E-state index is 13.8. The molecule has 1 aliphatic rings. The molecule has 0 spiro atoms. The highest BCUT2D eigenvalue weighted by Gasteiger charge is 2.26. The molecule has 1 saturated heterocycles. The minimum Gasteiger partial charge on any atom is -0.353 e. The summed E-state index contributed by atoms with van der Waals surface area (Å²) >= 11 is 5.05. The molecule has 0 aliphatic carbocycles. The maximum Gasteiger partial charge on any atom is 0.256 e. The first-order chi connectivity index (χ1) is 13.8. The molecule has 0 atom stereocenters. The van der Waals surface area contributed by atoms with Crippen molar-refractivity contribution in [3.8, 4) is 0 Å². The van der Waals surface area contributed by atoms with Gasteiger partial charge in [0.2, 0.25) is 5.91 Å². The number of carbonyl (C=O) groups excluding carboxylic acids is 2. The topological polar surface area (TPSA) is 49.4 Å². The fraction of sp³-hybridized carbons (Fsp3) is 0.364. The SMILES string of the molecule is Cc1cc(SCC(=O)NC2CCN(C(=O)c3ccccc3F)CC2)c(C)cc1Br. The summed E-state index contributed by atoms with van der Waals surface area (Å²) in [6.07, 6.45) is 1.35. The maximum absolute atomic E-state index is 13.8. The van der Waals surface area contributed by atoms with E-state index in [9.17, 15) is 14.0 Å².